The van der Waals surface area contributed by atoms with E-state index in [2.05, 4.69) is 43.4 Å². The number of benzene rings is 1. The molecule has 14 heavy (non-hydrogen) atoms. The van der Waals surface area contributed by atoms with Gasteiger partial charge in [0.1, 0.15) is 0 Å². The Morgan fingerprint density at radius 2 is 2.29 bits per heavy atom. The highest BCUT2D eigenvalue weighted by molar-refractivity contribution is 5.24. The molecule has 1 heterocycles. The standard InChI is InChI=1S/C13H19N/c1-11-5-3-6-12(9-11)10-13(2)7-4-8-14-13/h3,5-6,9,14H,4,7-8,10H2,1-2H3. The SMILES string of the molecule is Cc1cccc(CC2(C)CCCN2)c1. The van der Waals surface area contributed by atoms with Gasteiger partial charge in [-0.15, -0.1) is 0 Å². The van der Waals surface area contributed by atoms with E-state index in [4.69, 9.17) is 0 Å². The third kappa shape index (κ3) is 2.16. The van der Waals surface area contributed by atoms with Crippen LogP contribution in [0.2, 0.25) is 0 Å². The van der Waals surface area contributed by atoms with E-state index in [1.807, 2.05) is 0 Å². The lowest BCUT2D eigenvalue weighted by Gasteiger charge is -2.24. The molecular formula is C13H19N. The first kappa shape index (κ1) is 9.72. The fourth-order valence-electron chi connectivity index (χ4n) is 2.38. The minimum absolute atomic E-state index is 0.341. The predicted molar refractivity (Wildman–Crippen MR) is 60.5 cm³/mol. The second-order valence-electron chi connectivity index (χ2n) is 4.76. The first-order chi connectivity index (χ1) is 6.68. The minimum Gasteiger partial charge on any atom is -0.311 e. The zero-order chi connectivity index (χ0) is 10.0. The van der Waals surface area contributed by atoms with Crippen LogP contribution in [-0.2, 0) is 6.42 Å². The van der Waals surface area contributed by atoms with Crippen molar-refractivity contribution in [3.63, 3.8) is 0 Å². The Bertz CT molecular complexity index is 311. The van der Waals surface area contributed by atoms with Gasteiger partial charge >= 0.3 is 0 Å². The van der Waals surface area contributed by atoms with Gasteiger partial charge in [-0.1, -0.05) is 29.8 Å². The average Bonchev–Trinajstić information content (AvgIpc) is 2.51. The molecule has 0 aromatic heterocycles. The van der Waals surface area contributed by atoms with Gasteiger partial charge in [-0.2, -0.15) is 0 Å². The normalized spacial score (nSPS) is 26.7. The molecule has 0 saturated carbocycles. The van der Waals surface area contributed by atoms with Gasteiger partial charge in [-0.3, -0.25) is 0 Å². The van der Waals surface area contributed by atoms with E-state index in [1.54, 1.807) is 0 Å². The molecule has 1 fully saturated rings. The van der Waals surface area contributed by atoms with Crippen molar-refractivity contribution in [2.75, 3.05) is 6.54 Å². The highest BCUT2D eigenvalue weighted by Crippen LogP contribution is 2.23. The lowest BCUT2D eigenvalue weighted by atomic mass is 9.91. The van der Waals surface area contributed by atoms with Gasteiger partial charge in [0.2, 0.25) is 0 Å². The van der Waals surface area contributed by atoms with Gasteiger partial charge in [0.05, 0.1) is 0 Å². The van der Waals surface area contributed by atoms with Gasteiger partial charge in [0.25, 0.3) is 0 Å². The topological polar surface area (TPSA) is 12.0 Å². The zero-order valence-electron chi connectivity index (χ0n) is 9.14. The second-order valence-corrected chi connectivity index (χ2v) is 4.76. The summed E-state index contributed by atoms with van der Waals surface area (Å²) in [5, 5.41) is 3.60. The maximum absolute atomic E-state index is 3.60. The van der Waals surface area contributed by atoms with Crippen LogP contribution in [0.15, 0.2) is 24.3 Å². The van der Waals surface area contributed by atoms with Gasteiger partial charge in [-0.25, -0.2) is 0 Å². The minimum atomic E-state index is 0.341. The van der Waals surface area contributed by atoms with Crippen LogP contribution in [0.5, 0.6) is 0 Å². The fourth-order valence-corrected chi connectivity index (χ4v) is 2.38. The third-order valence-electron chi connectivity index (χ3n) is 3.13. The summed E-state index contributed by atoms with van der Waals surface area (Å²) in [4.78, 5) is 0. The summed E-state index contributed by atoms with van der Waals surface area (Å²) in [7, 11) is 0. The number of hydrogen-bond acceptors (Lipinski definition) is 1. The quantitative estimate of drug-likeness (QED) is 0.754. The van der Waals surface area contributed by atoms with Gasteiger partial charge < -0.3 is 5.32 Å². The monoisotopic (exact) mass is 189 g/mol. The average molecular weight is 189 g/mol. The van der Waals surface area contributed by atoms with E-state index in [9.17, 15) is 0 Å². The highest BCUT2D eigenvalue weighted by atomic mass is 15.0. The highest BCUT2D eigenvalue weighted by Gasteiger charge is 2.27. The number of nitrogens with one attached hydrogen (secondary N) is 1. The molecule has 76 valence electrons. The van der Waals surface area contributed by atoms with E-state index in [0.29, 0.717) is 5.54 Å². The summed E-state index contributed by atoms with van der Waals surface area (Å²) in [6.07, 6.45) is 3.79. The Hall–Kier alpha value is -0.820. The molecule has 1 nitrogen and oxygen atoms in total. The van der Waals surface area contributed by atoms with Crippen molar-refractivity contribution >= 4 is 0 Å². The summed E-state index contributed by atoms with van der Waals surface area (Å²) < 4.78 is 0. The third-order valence-corrected chi connectivity index (χ3v) is 3.13. The molecule has 0 bridgehead atoms. The first-order valence-corrected chi connectivity index (χ1v) is 5.49. The summed E-state index contributed by atoms with van der Waals surface area (Å²) in [6, 6.07) is 8.85. The van der Waals surface area contributed by atoms with Crippen LogP contribution in [-0.4, -0.2) is 12.1 Å². The Morgan fingerprint density at radius 1 is 1.43 bits per heavy atom. The largest absolute Gasteiger partial charge is 0.311 e. The molecular weight excluding hydrogens is 170 g/mol. The Morgan fingerprint density at radius 3 is 2.93 bits per heavy atom. The van der Waals surface area contributed by atoms with E-state index in [0.717, 1.165) is 6.42 Å². The molecule has 1 aromatic rings. The smallest absolute Gasteiger partial charge is 0.0194 e. The fraction of sp³-hybridized carbons (Fsp3) is 0.538. The van der Waals surface area contributed by atoms with Crippen molar-refractivity contribution in [2.24, 2.45) is 0 Å². The van der Waals surface area contributed by atoms with Gasteiger partial charge in [0, 0.05) is 5.54 Å². The molecule has 0 amide bonds. The van der Waals surface area contributed by atoms with Crippen molar-refractivity contribution in [3.8, 4) is 0 Å². The predicted octanol–water partition coefficient (Wildman–Crippen LogP) is 2.68. The molecule has 1 atom stereocenters. The van der Waals surface area contributed by atoms with Crippen LogP contribution in [0.4, 0.5) is 0 Å². The molecule has 0 spiro atoms. The summed E-state index contributed by atoms with van der Waals surface area (Å²) in [5.74, 6) is 0. The molecule has 1 aliphatic rings. The Labute approximate surface area is 86.5 Å². The lowest BCUT2D eigenvalue weighted by molar-refractivity contribution is 0.412. The van der Waals surface area contributed by atoms with E-state index < -0.39 is 0 Å². The Balaban J connectivity index is 2.10. The molecule has 1 unspecified atom stereocenters. The van der Waals surface area contributed by atoms with E-state index in [1.165, 1.54) is 30.5 Å². The molecule has 1 aliphatic heterocycles. The second kappa shape index (κ2) is 3.74. The molecule has 0 aliphatic carbocycles. The number of aryl methyl sites for hydroxylation is 1. The first-order valence-electron chi connectivity index (χ1n) is 5.49. The maximum Gasteiger partial charge on any atom is 0.0194 e. The molecule has 1 saturated heterocycles. The van der Waals surface area contributed by atoms with Crippen molar-refractivity contribution in [1.29, 1.82) is 0 Å². The van der Waals surface area contributed by atoms with Crippen molar-refractivity contribution < 1.29 is 0 Å². The van der Waals surface area contributed by atoms with Crippen LogP contribution >= 0.6 is 0 Å². The lowest BCUT2D eigenvalue weighted by Crippen LogP contribution is -2.38. The van der Waals surface area contributed by atoms with Crippen molar-refractivity contribution in [2.45, 2.75) is 38.6 Å². The molecule has 2 rings (SSSR count). The summed E-state index contributed by atoms with van der Waals surface area (Å²) >= 11 is 0. The molecule has 1 heteroatoms. The van der Waals surface area contributed by atoms with Gasteiger partial charge in [0.15, 0.2) is 0 Å². The van der Waals surface area contributed by atoms with Crippen molar-refractivity contribution in [1.82, 2.24) is 5.32 Å². The van der Waals surface area contributed by atoms with Crippen LogP contribution in [0.1, 0.15) is 30.9 Å². The molecule has 1 aromatic carbocycles. The van der Waals surface area contributed by atoms with Crippen LogP contribution in [0, 0.1) is 6.92 Å². The van der Waals surface area contributed by atoms with E-state index >= 15 is 0 Å². The van der Waals surface area contributed by atoms with Crippen LogP contribution in [0.3, 0.4) is 0 Å². The summed E-state index contributed by atoms with van der Waals surface area (Å²) in [5.41, 5.74) is 3.17. The molecule has 1 N–H and O–H groups in total. The summed E-state index contributed by atoms with van der Waals surface area (Å²) in [6.45, 7) is 5.68. The number of hydrogen-bond donors (Lipinski definition) is 1. The van der Waals surface area contributed by atoms with E-state index in [-0.39, 0.29) is 0 Å². The van der Waals surface area contributed by atoms with Crippen LogP contribution in [0.25, 0.3) is 0 Å². The number of rotatable bonds is 2. The van der Waals surface area contributed by atoms with Gasteiger partial charge in [-0.05, 0) is 45.2 Å². The Kier molecular flexibility index (Phi) is 2.60. The zero-order valence-corrected chi connectivity index (χ0v) is 9.14. The maximum atomic E-state index is 3.60. The molecule has 0 radical (unpaired) electrons. The van der Waals surface area contributed by atoms with Crippen molar-refractivity contribution in [3.05, 3.63) is 35.4 Å². The van der Waals surface area contributed by atoms with Crippen LogP contribution < -0.4 is 5.32 Å².